The Balaban J connectivity index is 2.65. The minimum Gasteiger partial charge on any atom is -0.391 e. The number of aliphatic hydroxyl groups is 1. The summed E-state index contributed by atoms with van der Waals surface area (Å²) in [6.07, 6.45) is 1.01. The van der Waals surface area contributed by atoms with E-state index in [0.29, 0.717) is 13.0 Å². The van der Waals surface area contributed by atoms with Crippen LogP contribution in [-0.4, -0.2) is 40.6 Å². The van der Waals surface area contributed by atoms with Crippen LogP contribution in [0.1, 0.15) is 26.7 Å². The molecule has 1 heterocycles. The highest BCUT2D eigenvalue weighted by molar-refractivity contribution is 5.84. The summed E-state index contributed by atoms with van der Waals surface area (Å²) in [6, 6.07) is -0.422. The van der Waals surface area contributed by atoms with Gasteiger partial charge >= 0.3 is 0 Å². The van der Waals surface area contributed by atoms with Crippen LogP contribution in [-0.2, 0) is 4.79 Å². The number of hydrogen-bond donors (Lipinski definition) is 2. The summed E-state index contributed by atoms with van der Waals surface area (Å²) in [4.78, 5) is 13.2. The average Bonchev–Trinajstić information content (AvgIpc) is 2.37. The van der Waals surface area contributed by atoms with Gasteiger partial charge < -0.3 is 15.7 Å². The molecule has 13 heavy (non-hydrogen) atoms. The van der Waals surface area contributed by atoms with Gasteiger partial charge in [-0.05, 0) is 19.8 Å². The fourth-order valence-corrected chi connectivity index (χ4v) is 1.88. The minimum absolute atomic E-state index is 0.0206. The summed E-state index contributed by atoms with van der Waals surface area (Å²) >= 11 is 0. The maximum atomic E-state index is 11.5. The molecule has 1 amide bonds. The average molecular weight is 186 g/mol. The lowest BCUT2D eigenvalue weighted by molar-refractivity contribution is -0.132. The maximum Gasteiger partial charge on any atom is 0.239 e. The molecule has 1 rings (SSSR count). The highest BCUT2D eigenvalue weighted by atomic mass is 16.3. The van der Waals surface area contributed by atoms with Gasteiger partial charge in [0.05, 0.1) is 18.2 Å². The normalized spacial score (nSPS) is 27.8. The van der Waals surface area contributed by atoms with Crippen LogP contribution in [0.4, 0.5) is 0 Å². The van der Waals surface area contributed by atoms with Gasteiger partial charge in [0.25, 0.3) is 0 Å². The topological polar surface area (TPSA) is 66.6 Å². The van der Waals surface area contributed by atoms with Crippen molar-refractivity contribution in [2.45, 2.75) is 44.9 Å². The van der Waals surface area contributed by atoms with E-state index in [0.717, 1.165) is 6.42 Å². The largest absolute Gasteiger partial charge is 0.391 e. The number of carbonyl (C=O) groups is 1. The van der Waals surface area contributed by atoms with Crippen molar-refractivity contribution in [1.82, 2.24) is 4.90 Å². The molecule has 1 aliphatic rings. The first-order valence-electron chi connectivity index (χ1n) is 4.82. The predicted molar refractivity (Wildman–Crippen MR) is 50.1 cm³/mol. The summed E-state index contributed by atoms with van der Waals surface area (Å²) in [6.45, 7) is 4.36. The van der Waals surface area contributed by atoms with E-state index in [2.05, 4.69) is 0 Å². The van der Waals surface area contributed by atoms with E-state index in [1.54, 1.807) is 11.8 Å². The quantitative estimate of drug-likeness (QED) is 0.636. The monoisotopic (exact) mass is 186 g/mol. The van der Waals surface area contributed by atoms with Crippen molar-refractivity contribution < 1.29 is 9.90 Å². The Hall–Kier alpha value is -0.610. The van der Waals surface area contributed by atoms with Gasteiger partial charge in [0.1, 0.15) is 0 Å². The molecule has 0 aromatic carbocycles. The first-order chi connectivity index (χ1) is 6.07. The Kier molecular flexibility index (Phi) is 3.27. The summed E-state index contributed by atoms with van der Waals surface area (Å²) in [5.41, 5.74) is 5.59. The zero-order valence-electron chi connectivity index (χ0n) is 8.23. The smallest absolute Gasteiger partial charge is 0.239 e. The molecule has 0 aromatic rings. The van der Waals surface area contributed by atoms with Crippen LogP contribution >= 0.6 is 0 Å². The molecule has 1 fully saturated rings. The van der Waals surface area contributed by atoms with Gasteiger partial charge in [0.2, 0.25) is 5.91 Å². The molecule has 3 atom stereocenters. The molecular weight excluding hydrogens is 168 g/mol. The molecule has 0 spiro atoms. The summed E-state index contributed by atoms with van der Waals surface area (Å²) in [5.74, 6) is -0.0206. The van der Waals surface area contributed by atoms with Crippen molar-refractivity contribution >= 4 is 5.91 Å². The van der Waals surface area contributed by atoms with Gasteiger partial charge in [0, 0.05) is 6.54 Å². The van der Waals surface area contributed by atoms with Crippen molar-refractivity contribution in [2.24, 2.45) is 5.73 Å². The van der Waals surface area contributed by atoms with Crippen LogP contribution in [0.5, 0.6) is 0 Å². The Morgan fingerprint density at radius 1 is 1.77 bits per heavy atom. The van der Waals surface area contributed by atoms with Crippen LogP contribution in [0.15, 0.2) is 0 Å². The Bertz CT molecular complexity index is 194. The van der Waals surface area contributed by atoms with Gasteiger partial charge in [-0.3, -0.25) is 4.79 Å². The SMILES string of the molecule is CCC(C(C)O)N1CCC(N)C1=O. The summed E-state index contributed by atoms with van der Waals surface area (Å²) < 4.78 is 0. The summed E-state index contributed by atoms with van der Waals surface area (Å²) in [7, 11) is 0. The number of nitrogens with two attached hydrogens (primary N) is 1. The number of aliphatic hydroxyl groups excluding tert-OH is 1. The molecule has 0 aliphatic carbocycles. The van der Waals surface area contributed by atoms with Gasteiger partial charge in [0.15, 0.2) is 0 Å². The molecule has 3 unspecified atom stereocenters. The number of nitrogens with zero attached hydrogens (tertiary/aromatic N) is 1. The highest BCUT2D eigenvalue weighted by Crippen LogP contribution is 2.17. The molecule has 0 bridgehead atoms. The van der Waals surface area contributed by atoms with Crippen LogP contribution in [0.25, 0.3) is 0 Å². The third kappa shape index (κ3) is 2.00. The van der Waals surface area contributed by atoms with Crippen molar-refractivity contribution in [3.63, 3.8) is 0 Å². The second-order valence-corrected chi connectivity index (χ2v) is 3.64. The van der Waals surface area contributed by atoms with E-state index in [1.165, 1.54) is 0 Å². The molecule has 3 N–H and O–H groups in total. The molecule has 4 nitrogen and oxygen atoms in total. The molecule has 4 heteroatoms. The summed E-state index contributed by atoms with van der Waals surface area (Å²) in [5, 5.41) is 9.44. The van der Waals surface area contributed by atoms with E-state index in [-0.39, 0.29) is 18.0 Å². The van der Waals surface area contributed by atoms with Crippen LogP contribution in [0, 0.1) is 0 Å². The van der Waals surface area contributed by atoms with Gasteiger partial charge in [-0.1, -0.05) is 6.92 Å². The lowest BCUT2D eigenvalue weighted by atomic mass is 10.1. The lowest BCUT2D eigenvalue weighted by Crippen LogP contribution is -2.45. The standard InChI is InChI=1S/C9H18N2O2/c1-3-8(6(2)12)11-5-4-7(10)9(11)13/h6-8,12H,3-5,10H2,1-2H3. The molecular formula is C9H18N2O2. The Morgan fingerprint density at radius 3 is 2.69 bits per heavy atom. The Labute approximate surface area is 78.7 Å². The molecule has 0 radical (unpaired) electrons. The molecule has 0 saturated carbocycles. The molecule has 1 saturated heterocycles. The van der Waals surface area contributed by atoms with Crippen molar-refractivity contribution in [1.29, 1.82) is 0 Å². The number of rotatable bonds is 3. The van der Waals surface area contributed by atoms with Gasteiger partial charge in [-0.15, -0.1) is 0 Å². The molecule has 0 aromatic heterocycles. The number of likely N-dealkylation sites (tertiary alicyclic amines) is 1. The molecule has 76 valence electrons. The van der Waals surface area contributed by atoms with Crippen molar-refractivity contribution in [3.05, 3.63) is 0 Å². The fraction of sp³-hybridized carbons (Fsp3) is 0.889. The zero-order valence-corrected chi connectivity index (χ0v) is 8.23. The first kappa shape index (κ1) is 10.5. The van der Waals surface area contributed by atoms with E-state index in [4.69, 9.17) is 5.73 Å². The lowest BCUT2D eigenvalue weighted by Gasteiger charge is -2.29. The first-order valence-corrected chi connectivity index (χ1v) is 4.82. The fourth-order valence-electron chi connectivity index (χ4n) is 1.88. The number of carbonyl (C=O) groups excluding carboxylic acids is 1. The van der Waals surface area contributed by atoms with Gasteiger partial charge in [-0.2, -0.15) is 0 Å². The third-order valence-electron chi connectivity index (χ3n) is 2.66. The van der Waals surface area contributed by atoms with Crippen molar-refractivity contribution in [3.8, 4) is 0 Å². The van der Waals surface area contributed by atoms with Crippen LogP contribution in [0.3, 0.4) is 0 Å². The Morgan fingerprint density at radius 2 is 2.38 bits per heavy atom. The number of amides is 1. The minimum atomic E-state index is -0.473. The van der Waals surface area contributed by atoms with E-state index in [9.17, 15) is 9.90 Å². The second-order valence-electron chi connectivity index (χ2n) is 3.64. The van der Waals surface area contributed by atoms with E-state index in [1.807, 2.05) is 6.92 Å². The zero-order chi connectivity index (χ0) is 10.0. The second kappa shape index (κ2) is 4.07. The van der Waals surface area contributed by atoms with E-state index < -0.39 is 6.10 Å². The van der Waals surface area contributed by atoms with Crippen molar-refractivity contribution in [2.75, 3.05) is 6.54 Å². The predicted octanol–water partition coefficient (Wildman–Crippen LogP) is -0.295. The maximum absolute atomic E-state index is 11.5. The van der Waals surface area contributed by atoms with Gasteiger partial charge in [-0.25, -0.2) is 0 Å². The third-order valence-corrected chi connectivity index (χ3v) is 2.66. The van der Waals surface area contributed by atoms with Crippen LogP contribution < -0.4 is 5.73 Å². The van der Waals surface area contributed by atoms with E-state index >= 15 is 0 Å². The highest BCUT2D eigenvalue weighted by Gasteiger charge is 2.34. The van der Waals surface area contributed by atoms with Crippen LogP contribution in [0.2, 0.25) is 0 Å². The molecule has 1 aliphatic heterocycles. The number of hydrogen-bond acceptors (Lipinski definition) is 3.